The Morgan fingerprint density at radius 3 is 2.87 bits per heavy atom. The summed E-state index contributed by atoms with van der Waals surface area (Å²) in [5, 5.41) is 0.486. The van der Waals surface area contributed by atoms with Crippen LogP contribution in [0.1, 0.15) is 16.2 Å². The third kappa shape index (κ3) is 3.08. The molecule has 1 N–H and O–H groups in total. The lowest BCUT2D eigenvalue weighted by Gasteiger charge is -2.16. The maximum atomic E-state index is 13.2. The van der Waals surface area contributed by atoms with Crippen LogP contribution in [0.15, 0.2) is 47.5 Å². The van der Waals surface area contributed by atoms with Crippen LogP contribution in [0.5, 0.6) is 0 Å². The van der Waals surface area contributed by atoms with E-state index in [0.29, 0.717) is 16.7 Å². The van der Waals surface area contributed by atoms with Gasteiger partial charge >= 0.3 is 0 Å². The number of nitrogens with one attached hydrogen (secondary N) is 1. The third-order valence-electron chi connectivity index (χ3n) is 3.35. The zero-order valence-corrected chi connectivity index (χ0v) is 12.3. The lowest BCUT2D eigenvalue weighted by atomic mass is 10.2. The Morgan fingerprint density at radius 1 is 1.30 bits per heavy atom. The van der Waals surface area contributed by atoms with E-state index in [-0.39, 0.29) is 17.7 Å². The summed E-state index contributed by atoms with van der Waals surface area (Å²) < 4.78 is 13.2. The van der Waals surface area contributed by atoms with Crippen LogP contribution in [0.25, 0.3) is 10.9 Å². The molecule has 1 aromatic carbocycles. The number of fused-ring (bicyclic) bond motifs is 1. The summed E-state index contributed by atoms with van der Waals surface area (Å²) in [5.41, 5.74) is 0.425. The first kappa shape index (κ1) is 14.8. The predicted molar refractivity (Wildman–Crippen MR) is 82.4 cm³/mol. The summed E-state index contributed by atoms with van der Waals surface area (Å²) >= 11 is 0. The van der Waals surface area contributed by atoms with Gasteiger partial charge in [-0.05, 0) is 18.2 Å². The van der Waals surface area contributed by atoms with Gasteiger partial charge in [0.15, 0.2) is 0 Å². The summed E-state index contributed by atoms with van der Waals surface area (Å²) in [7, 11) is 1.54. The number of halogens is 1. The van der Waals surface area contributed by atoms with Crippen molar-refractivity contribution in [2.24, 2.45) is 0 Å². The van der Waals surface area contributed by atoms with Gasteiger partial charge in [0, 0.05) is 13.2 Å². The summed E-state index contributed by atoms with van der Waals surface area (Å²) in [5.74, 6) is -0.636. The fourth-order valence-corrected chi connectivity index (χ4v) is 2.26. The summed E-state index contributed by atoms with van der Waals surface area (Å²) in [6.07, 6.45) is 2.32. The van der Waals surface area contributed by atoms with Gasteiger partial charge in [-0.2, -0.15) is 0 Å². The lowest BCUT2D eigenvalue weighted by molar-refractivity contribution is 0.0780. The van der Waals surface area contributed by atoms with Gasteiger partial charge in [-0.3, -0.25) is 14.6 Å². The third-order valence-corrected chi connectivity index (χ3v) is 3.35. The molecule has 7 heteroatoms. The molecule has 2 aromatic heterocycles. The fraction of sp³-hybridized carbons (Fsp3) is 0.125. The van der Waals surface area contributed by atoms with Crippen molar-refractivity contribution in [2.75, 3.05) is 7.05 Å². The van der Waals surface area contributed by atoms with Crippen LogP contribution in [0.3, 0.4) is 0 Å². The van der Waals surface area contributed by atoms with E-state index < -0.39 is 11.7 Å². The Kier molecular flexibility index (Phi) is 3.84. The largest absolute Gasteiger partial charge is 0.334 e. The first-order chi connectivity index (χ1) is 11.0. The molecule has 1 amide bonds. The second-order valence-corrected chi connectivity index (χ2v) is 5.08. The zero-order chi connectivity index (χ0) is 16.4. The molecule has 23 heavy (non-hydrogen) atoms. The van der Waals surface area contributed by atoms with E-state index in [2.05, 4.69) is 15.0 Å². The lowest BCUT2D eigenvalue weighted by Crippen LogP contribution is -2.28. The molecule has 0 saturated heterocycles. The number of para-hydroxylation sites is 1. The smallest absolute Gasteiger partial charge is 0.258 e. The SMILES string of the molecule is CN(Cc1nc2ccccc2c(=O)[nH]1)C(=O)c1cncc(F)c1. The highest BCUT2D eigenvalue weighted by Gasteiger charge is 2.15. The maximum absolute atomic E-state index is 13.2. The van der Waals surface area contributed by atoms with E-state index in [9.17, 15) is 14.0 Å². The summed E-state index contributed by atoms with van der Waals surface area (Å²) in [6, 6.07) is 8.06. The van der Waals surface area contributed by atoms with Crippen LogP contribution in [0.4, 0.5) is 4.39 Å². The number of amides is 1. The normalized spacial score (nSPS) is 10.7. The van der Waals surface area contributed by atoms with Crippen molar-refractivity contribution >= 4 is 16.8 Å². The molecule has 0 spiro atoms. The van der Waals surface area contributed by atoms with Crippen LogP contribution in [0.2, 0.25) is 0 Å². The van der Waals surface area contributed by atoms with Crippen LogP contribution in [0, 0.1) is 5.82 Å². The molecule has 6 nitrogen and oxygen atoms in total. The number of nitrogens with zero attached hydrogens (tertiary/aromatic N) is 3. The van der Waals surface area contributed by atoms with Crippen molar-refractivity contribution in [1.29, 1.82) is 0 Å². The van der Waals surface area contributed by atoms with Crippen molar-refractivity contribution in [3.05, 3.63) is 70.3 Å². The minimum atomic E-state index is -0.582. The van der Waals surface area contributed by atoms with Gasteiger partial charge in [-0.25, -0.2) is 9.37 Å². The first-order valence-corrected chi connectivity index (χ1v) is 6.88. The van der Waals surface area contributed by atoms with Crippen LogP contribution in [-0.4, -0.2) is 32.8 Å². The second-order valence-electron chi connectivity index (χ2n) is 5.08. The molecule has 3 aromatic rings. The highest BCUT2D eigenvalue weighted by atomic mass is 19.1. The van der Waals surface area contributed by atoms with Gasteiger partial charge in [0.1, 0.15) is 11.6 Å². The van der Waals surface area contributed by atoms with Crippen LogP contribution >= 0.6 is 0 Å². The Bertz CT molecular complexity index is 939. The molecule has 0 radical (unpaired) electrons. The number of benzene rings is 1. The average molecular weight is 312 g/mol. The fourth-order valence-electron chi connectivity index (χ4n) is 2.26. The van der Waals surface area contributed by atoms with Crippen molar-refractivity contribution in [1.82, 2.24) is 19.9 Å². The van der Waals surface area contributed by atoms with E-state index in [0.717, 1.165) is 12.3 Å². The number of H-pyrrole nitrogens is 1. The number of hydrogen-bond donors (Lipinski definition) is 1. The molecule has 2 heterocycles. The number of carbonyl (C=O) groups excluding carboxylic acids is 1. The molecule has 0 fully saturated rings. The topological polar surface area (TPSA) is 79.0 Å². The Balaban J connectivity index is 1.86. The molecule has 0 unspecified atom stereocenters. The van der Waals surface area contributed by atoms with Gasteiger partial charge in [0.2, 0.25) is 0 Å². The number of aromatic nitrogens is 3. The van der Waals surface area contributed by atoms with E-state index in [4.69, 9.17) is 0 Å². The Labute approximate surface area is 130 Å². The maximum Gasteiger partial charge on any atom is 0.258 e. The molecule has 3 rings (SSSR count). The van der Waals surface area contributed by atoms with E-state index >= 15 is 0 Å². The monoisotopic (exact) mass is 312 g/mol. The number of carbonyl (C=O) groups is 1. The molecular formula is C16H13FN4O2. The van der Waals surface area contributed by atoms with Gasteiger partial charge in [0.25, 0.3) is 11.5 Å². The van der Waals surface area contributed by atoms with Gasteiger partial charge in [-0.15, -0.1) is 0 Å². The molecule has 0 bridgehead atoms. The number of aromatic amines is 1. The summed E-state index contributed by atoms with van der Waals surface area (Å²) in [4.78, 5) is 36.2. The Hall–Kier alpha value is -3.09. The second kappa shape index (κ2) is 5.96. The molecule has 0 atom stereocenters. The van der Waals surface area contributed by atoms with Gasteiger partial charge in [0.05, 0.1) is 29.2 Å². The summed E-state index contributed by atoms with van der Waals surface area (Å²) in [6.45, 7) is 0.0927. The van der Waals surface area contributed by atoms with Crippen LogP contribution < -0.4 is 5.56 Å². The quantitative estimate of drug-likeness (QED) is 0.799. The van der Waals surface area contributed by atoms with Gasteiger partial charge in [-0.1, -0.05) is 12.1 Å². The molecule has 0 aliphatic heterocycles. The zero-order valence-electron chi connectivity index (χ0n) is 12.3. The average Bonchev–Trinajstić information content (AvgIpc) is 2.54. The number of rotatable bonds is 3. The number of hydrogen-bond acceptors (Lipinski definition) is 4. The van der Waals surface area contributed by atoms with E-state index in [1.54, 1.807) is 31.3 Å². The van der Waals surface area contributed by atoms with E-state index in [1.165, 1.54) is 11.1 Å². The highest BCUT2D eigenvalue weighted by molar-refractivity contribution is 5.93. The van der Waals surface area contributed by atoms with Gasteiger partial charge < -0.3 is 9.88 Å². The minimum absolute atomic E-state index is 0.0927. The van der Waals surface area contributed by atoms with Crippen LogP contribution in [-0.2, 0) is 6.54 Å². The van der Waals surface area contributed by atoms with Crippen molar-refractivity contribution in [3.63, 3.8) is 0 Å². The van der Waals surface area contributed by atoms with Crippen molar-refractivity contribution in [3.8, 4) is 0 Å². The van der Waals surface area contributed by atoms with Crippen molar-refractivity contribution in [2.45, 2.75) is 6.54 Å². The molecule has 0 saturated carbocycles. The molecule has 0 aliphatic carbocycles. The first-order valence-electron chi connectivity index (χ1n) is 6.88. The molecular weight excluding hydrogens is 299 g/mol. The molecule has 0 aliphatic rings. The minimum Gasteiger partial charge on any atom is -0.334 e. The number of pyridine rings is 1. The van der Waals surface area contributed by atoms with Crippen molar-refractivity contribution < 1.29 is 9.18 Å². The predicted octanol–water partition coefficient (Wildman–Crippen LogP) is 1.73. The highest BCUT2D eigenvalue weighted by Crippen LogP contribution is 2.09. The standard InChI is InChI=1S/C16H13FN4O2/c1-21(16(23)10-6-11(17)8-18-7-10)9-14-19-13-5-3-2-4-12(13)15(22)20-14/h2-8H,9H2,1H3,(H,19,20,22). The van der Waals surface area contributed by atoms with E-state index in [1.807, 2.05) is 0 Å². The molecule has 116 valence electrons. The Morgan fingerprint density at radius 2 is 2.09 bits per heavy atom.